The quantitative estimate of drug-likeness (QED) is 0.436. The second-order valence-electron chi connectivity index (χ2n) is 7.74. The van der Waals surface area contributed by atoms with E-state index in [-0.39, 0.29) is 21.4 Å². The number of hydrogen-bond acceptors (Lipinski definition) is 6. The maximum Gasteiger partial charge on any atom is 0.268 e. The number of sulfonamides is 1. The van der Waals surface area contributed by atoms with Crippen LogP contribution in [0.2, 0.25) is 5.02 Å². The largest absolute Gasteiger partial charge is 0.495 e. The number of halogens is 1. The predicted octanol–water partition coefficient (Wildman–Crippen LogP) is 4.82. The highest BCUT2D eigenvalue weighted by Crippen LogP contribution is 2.35. The normalized spacial score (nSPS) is 11.0. The Morgan fingerprint density at radius 3 is 2.03 bits per heavy atom. The molecule has 0 atom stereocenters. The molecule has 0 fully saturated rings. The zero-order chi connectivity index (χ0) is 25.8. The van der Waals surface area contributed by atoms with Crippen LogP contribution in [0.15, 0.2) is 59.5 Å². The van der Waals surface area contributed by atoms with Crippen molar-refractivity contribution < 1.29 is 27.4 Å². The number of carbonyl (C=O) groups excluding carboxylic acids is 1. The molecule has 3 aromatic rings. The molecule has 0 aliphatic heterocycles. The second kappa shape index (κ2) is 10.9. The average molecular weight is 519 g/mol. The smallest absolute Gasteiger partial charge is 0.268 e. The van der Waals surface area contributed by atoms with Gasteiger partial charge in [0.1, 0.15) is 28.7 Å². The van der Waals surface area contributed by atoms with Crippen molar-refractivity contribution in [2.24, 2.45) is 0 Å². The van der Waals surface area contributed by atoms with Crippen molar-refractivity contribution in [1.29, 1.82) is 0 Å². The number of ether oxygens (including phenoxy) is 3. The van der Waals surface area contributed by atoms with E-state index in [9.17, 15) is 13.2 Å². The number of benzene rings is 3. The molecular formula is C25H27ClN2O6S. The number of nitrogens with one attached hydrogen (secondary N) is 1. The number of anilines is 2. The molecule has 0 spiro atoms. The first-order valence-corrected chi connectivity index (χ1v) is 12.4. The van der Waals surface area contributed by atoms with Gasteiger partial charge in [-0.3, -0.25) is 9.10 Å². The lowest BCUT2D eigenvalue weighted by Gasteiger charge is -2.26. The van der Waals surface area contributed by atoms with Crippen LogP contribution in [-0.2, 0) is 14.8 Å². The van der Waals surface area contributed by atoms with Crippen LogP contribution in [0.4, 0.5) is 11.4 Å². The molecule has 0 aliphatic carbocycles. The first-order valence-electron chi connectivity index (χ1n) is 10.6. The molecule has 0 aromatic heterocycles. The van der Waals surface area contributed by atoms with Gasteiger partial charge in [0.05, 0.1) is 37.7 Å². The number of methoxy groups -OCH3 is 3. The Labute approximate surface area is 210 Å². The molecule has 0 aliphatic rings. The molecule has 3 rings (SSSR count). The average Bonchev–Trinajstić information content (AvgIpc) is 2.82. The molecule has 0 heterocycles. The summed E-state index contributed by atoms with van der Waals surface area (Å²) in [5.41, 5.74) is 2.23. The highest BCUT2D eigenvalue weighted by atomic mass is 35.5. The molecule has 0 radical (unpaired) electrons. The number of hydrogen-bond donors (Lipinski definition) is 1. The molecule has 1 amide bonds. The Morgan fingerprint density at radius 2 is 1.43 bits per heavy atom. The van der Waals surface area contributed by atoms with E-state index in [4.69, 9.17) is 25.8 Å². The Hall–Kier alpha value is -3.43. The molecule has 3 aromatic carbocycles. The van der Waals surface area contributed by atoms with E-state index < -0.39 is 22.5 Å². The molecule has 0 unspecified atom stereocenters. The summed E-state index contributed by atoms with van der Waals surface area (Å²) in [6, 6.07) is 14.6. The third-order valence-electron chi connectivity index (χ3n) is 5.23. The Balaban J connectivity index is 2.07. The molecule has 1 N–H and O–H groups in total. The van der Waals surface area contributed by atoms with Gasteiger partial charge in [0.25, 0.3) is 10.0 Å². The van der Waals surface area contributed by atoms with Gasteiger partial charge >= 0.3 is 0 Å². The van der Waals surface area contributed by atoms with Crippen molar-refractivity contribution in [2.45, 2.75) is 18.7 Å². The molecule has 0 saturated carbocycles. The summed E-state index contributed by atoms with van der Waals surface area (Å²) in [6.45, 7) is 3.11. The zero-order valence-corrected chi connectivity index (χ0v) is 21.7. The molecule has 10 heteroatoms. The van der Waals surface area contributed by atoms with Crippen LogP contribution in [-0.4, -0.2) is 42.2 Å². The standard InChI is InChI=1S/C25H27ClN2O6S/c1-16-6-9-22(33-4)20(12-16)27-25(29)15-28(18-8-11-21(32-3)19(26)14-18)35(30,31)24-13-17(2)7-10-23(24)34-5/h6-14H,15H2,1-5H3,(H,27,29). The van der Waals surface area contributed by atoms with Gasteiger partial charge in [-0.25, -0.2) is 8.42 Å². The van der Waals surface area contributed by atoms with Gasteiger partial charge in [0.15, 0.2) is 0 Å². The SMILES string of the molecule is COc1ccc(N(CC(=O)Nc2cc(C)ccc2OC)S(=O)(=O)c2cc(C)ccc2OC)cc1Cl. The van der Waals surface area contributed by atoms with Crippen LogP contribution in [0.1, 0.15) is 11.1 Å². The van der Waals surface area contributed by atoms with Gasteiger partial charge in [-0.05, 0) is 67.4 Å². The van der Waals surface area contributed by atoms with Crippen LogP contribution in [0.25, 0.3) is 0 Å². The monoisotopic (exact) mass is 518 g/mol. The van der Waals surface area contributed by atoms with E-state index in [0.29, 0.717) is 22.7 Å². The van der Waals surface area contributed by atoms with Crippen LogP contribution in [0, 0.1) is 13.8 Å². The predicted molar refractivity (Wildman–Crippen MR) is 137 cm³/mol. The number of amides is 1. The van der Waals surface area contributed by atoms with Gasteiger partial charge in [-0.15, -0.1) is 0 Å². The van der Waals surface area contributed by atoms with E-state index in [1.165, 1.54) is 45.6 Å². The minimum absolute atomic E-state index is 0.0760. The molecule has 0 saturated heterocycles. The van der Waals surface area contributed by atoms with Gasteiger partial charge in [-0.2, -0.15) is 0 Å². The third-order valence-corrected chi connectivity index (χ3v) is 7.32. The van der Waals surface area contributed by atoms with Crippen molar-refractivity contribution in [1.82, 2.24) is 0 Å². The van der Waals surface area contributed by atoms with E-state index in [0.717, 1.165) is 9.87 Å². The number of carbonyl (C=O) groups is 1. The van der Waals surface area contributed by atoms with Crippen molar-refractivity contribution >= 4 is 38.9 Å². The summed E-state index contributed by atoms with van der Waals surface area (Å²) < 4.78 is 44.5. The number of nitrogens with zero attached hydrogens (tertiary/aromatic N) is 1. The number of aryl methyl sites for hydroxylation is 2. The summed E-state index contributed by atoms with van der Waals surface area (Å²) in [6.07, 6.45) is 0. The van der Waals surface area contributed by atoms with Crippen molar-refractivity contribution in [3.63, 3.8) is 0 Å². The highest BCUT2D eigenvalue weighted by Gasteiger charge is 2.31. The lowest BCUT2D eigenvalue weighted by atomic mass is 10.2. The summed E-state index contributed by atoms with van der Waals surface area (Å²) >= 11 is 6.29. The summed E-state index contributed by atoms with van der Waals surface area (Å²) in [7, 11) is 0.0744. The molecule has 8 nitrogen and oxygen atoms in total. The van der Waals surface area contributed by atoms with Gasteiger partial charge in [-0.1, -0.05) is 23.7 Å². The van der Waals surface area contributed by atoms with E-state index >= 15 is 0 Å². The summed E-state index contributed by atoms with van der Waals surface area (Å²) in [4.78, 5) is 13.0. The van der Waals surface area contributed by atoms with E-state index in [1.54, 1.807) is 31.2 Å². The first-order chi connectivity index (χ1) is 16.6. The fourth-order valence-corrected chi connectivity index (χ4v) is 5.38. The van der Waals surface area contributed by atoms with Gasteiger partial charge < -0.3 is 19.5 Å². The van der Waals surface area contributed by atoms with Crippen molar-refractivity contribution in [2.75, 3.05) is 37.5 Å². The van der Waals surface area contributed by atoms with Crippen LogP contribution in [0.5, 0.6) is 17.2 Å². The van der Waals surface area contributed by atoms with Crippen LogP contribution < -0.4 is 23.8 Å². The highest BCUT2D eigenvalue weighted by molar-refractivity contribution is 7.93. The van der Waals surface area contributed by atoms with E-state index in [2.05, 4.69) is 5.32 Å². The fraction of sp³-hybridized carbons (Fsp3) is 0.240. The van der Waals surface area contributed by atoms with Crippen molar-refractivity contribution in [3.8, 4) is 17.2 Å². The lowest BCUT2D eigenvalue weighted by Crippen LogP contribution is -2.38. The minimum Gasteiger partial charge on any atom is -0.495 e. The second-order valence-corrected chi connectivity index (χ2v) is 9.97. The van der Waals surface area contributed by atoms with Crippen LogP contribution >= 0.6 is 11.6 Å². The topological polar surface area (TPSA) is 94.2 Å². The van der Waals surface area contributed by atoms with E-state index in [1.807, 2.05) is 13.0 Å². The number of rotatable bonds is 9. The fourth-order valence-electron chi connectivity index (χ4n) is 3.47. The van der Waals surface area contributed by atoms with Gasteiger partial charge in [0.2, 0.25) is 5.91 Å². The van der Waals surface area contributed by atoms with Crippen molar-refractivity contribution in [3.05, 3.63) is 70.7 Å². The van der Waals surface area contributed by atoms with Gasteiger partial charge in [0, 0.05) is 0 Å². The van der Waals surface area contributed by atoms with Crippen LogP contribution in [0.3, 0.4) is 0 Å². The Bertz CT molecular complexity index is 1340. The maximum atomic E-state index is 13.9. The maximum absolute atomic E-state index is 13.9. The third kappa shape index (κ3) is 5.80. The lowest BCUT2D eigenvalue weighted by molar-refractivity contribution is -0.114. The molecule has 0 bridgehead atoms. The Kier molecular flexibility index (Phi) is 8.14. The summed E-state index contributed by atoms with van der Waals surface area (Å²) in [5.74, 6) is 0.401. The minimum atomic E-state index is -4.25. The first kappa shape index (κ1) is 26.2. The molecular weight excluding hydrogens is 492 g/mol. The summed E-state index contributed by atoms with van der Waals surface area (Å²) in [5, 5.41) is 2.94. The molecule has 35 heavy (non-hydrogen) atoms. The Morgan fingerprint density at radius 1 is 0.857 bits per heavy atom. The zero-order valence-electron chi connectivity index (χ0n) is 20.1. The molecule has 186 valence electrons.